The lowest BCUT2D eigenvalue weighted by Crippen LogP contribution is -2.00. The minimum absolute atomic E-state index is 0.532. The van der Waals surface area contributed by atoms with Crippen molar-refractivity contribution in [1.82, 2.24) is 9.78 Å². The second kappa shape index (κ2) is 5.01. The highest BCUT2D eigenvalue weighted by molar-refractivity contribution is 5.28. The molecule has 0 spiro atoms. The largest absolute Gasteiger partial charge is 0.497 e. The molecule has 0 atom stereocenters. The van der Waals surface area contributed by atoms with Crippen molar-refractivity contribution in [3.8, 4) is 5.75 Å². The van der Waals surface area contributed by atoms with E-state index in [-0.39, 0.29) is 0 Å². The number of aryl methyl sites for hydroxylation is 1. The summed E-state index contributed by atoms with van der Waals surface area (Å²) < 4.78 is 7.10. The predicted molar refractivity (Wildman–Crippen MR) is 67.0 cm³/mol. The van der Waals surface area contributed by atoms with Gasteiger partial charge < -0.3 is 10.5 Å². The third kappa shape index (κ3) is 2.65. The van der Waals surface area contributed by atoms with Crippen LogP contribution in [0.1, 0.15) is 16.8 Å². The van der Waals surface area contributed by atoms with E-state index in [1.807, 2.05) is 36.0 Å². The van der Waals surface area contributed by atoms with Gasteiger partial charge in [0.1, 0.15) is 5.75 Å². The van der Waals surface area contributed by atoms with Crippen molar-refractivity contribution in [3.05, 3.63) is 47.3 Å². The van der Waals surface area contributed by atoms with Gasteiger partial charge in [-0.3, -0.25) is 4.68 Å². The summed E-state index contributed by atoms with van der Waals surface area (Å²) in [5.41, 5.74) is 8.88. The van der Waals surface area contributed by atoms with E-state index in [9.17, 15) is 0 Å². The first-order valence-electron chi connectivity index (χ1n) is 5.59. The maximum atomic E-state index is 5.63. The molecule has 0 radical (unpaired) electrons. The summed E-state index contributed by atoms with van der Waals surface area (Å²) in [5, 5.41) is 4.43. The normalized spacial score (nSPS) is 10.5. The number of aromatic nitrogens is 2. The maximum Gasteiger partial charge on any atom is 0.119 e. The van der Waals surface area contributed by atoms with Gasteiger partial charge in [-0.15, -0.1) is 0 Å². The Hall–Kier alpha value is -1.81. The van der Waals surface area contributed by atoms with Crippen LogP contribution in [-0.2, 0) is 13.1 Å². The molecule has 1 aromatic heterocycles. The van der Waals surface area contributed by atoms with Crippen LogP contribution in [0.25, 0.3) is 0 Å². The summed E-state index contributed by atoms with van der Waals surface area (Å²) >= 11 is 0. The molecule has 0 aliphatic carbocycles. The van der Waals surface area contributed by atoms with Crippen LogP contribution in [0.4, 0.5) is 0 Å². The van der Waals surface area contributed by atoms with Crippen LogP contribution in [0.5, 0.6) is 5.75 Å². The van der Waals surface area contributed by atoms with Gasteiger partial charge in [0.15, 0.2) is 0 Å². The molecule has 1 heterocycles. The Bertz CT molecular complexity index is 505. The molecule has 90 valence electrons. The molecule has 4 nitrogen and oxygen atoms in total. The average molecular weight is 231 g/mol. The van der Waals surface area contributed by atoms with Crippen molar-refractivity contribution in [2.45, 2.75) is 20.0 Å². The number of hydrogen-bond acceptors (Lipinski definition) is 3. The van der Waals surface area contributed by atoms with Crippen molar-refractivity contribution in [2.75, 3.05) is 7.11 Å². The maximum absolute atomic E-state index is 5.63. The van der Waals surface area contributed by atoms with Crippen molar-refractivity contribution >= 4 is 0 Å². The zero-order valence-electron chi connectivity index (χ0n) is 10.2. The first-order valence-corrected chi connectivity index (χ1v) is 5.59. The van der Waals surface area contributed by atoms with Crippen LogP contribution < -0.4 is 10.5 Å². The van der Waals surface area contributed by atoms with E-state index >= 15 is 0 Å². The predicted octanol–water partition coefficient (Wildman–Crippen LogP) is 1.71. The fourth-order valence-electron chi connectivity index (χ4n) is 1.80. The Labute approximate surface area is 101 Å². The number of methoxy groups -OCH3 is 1. The van der Waals surface area contributed by atoms with Gasteiger partial charge in [0, 0.05) is 18.3 Å². The Morgan fingerprint density at radius 1 is 1.41 bits per heavy atom. The number of ether oxygens (including phenoxy) is 1. The summed E-state index contributed by atoms with van der Waals surface area (Å²) in [4.78, 5) is 0. The van der Waals surface area contributed by atoms with Crippen LogP contribution in [0, 0.1) is 6.92 Å². The van der Waals surface area contributed by atoms with E-state index in [1.165, 1.54) is 0 Å². The number of rotatable bonds is 4. The van der Waals surface area contributed by atoms with Gasteiger partial charge in [0.25, 0.3) is 0 Å². The topological polar surface area (TPSA) is 53.1 Å². The summed E-state index contributed by atoms with van der Waals surface area (Å²) in [6.07, 6.45) is 1.99. The molecular weight excluding hydrogens is 214 g/mol. The second-order valence-electron chi connectivity index (χ2n) is 3.99. The van der Waals surface area contributed by atoms with Gasteiger partial charge in [-0.2, -0.15) is 5.10 Å². The molecule has 2 N–H and O–H groups in total. The SMILES string of the molecule is COc1cccc(Cn2cc(CN)c(C)n2)c1. The highest BCUT2D eigenvalue weighted by atomic mass is 16.5. The van der Waals surface area contributed by atoms with Gasteiger partial charge >= 0.3 is 0 Å². The molecule has 0 amide bonds. The summed E-state index contributed by atoms with van der Waals surface area (Å²) in [7, 11) is 1.67. The molecule has 0 bridgehead atoms. The Kier molecular flexibility index (Phi) is 3.44. The lowest BCUT2D eigenvalue weighted by molar-refractivity contribution is 0.414. The lowest BCUT2D eigenvalue weighted by Gasteiger charge is -2.04. The average Bonchev–Trinajstić information content (AvgIpc) is 2.69. The molecule has 0 fully saturated rings. The molecule has 2 aromatic rings. The second-order valence-corrected chi connectivity index (χ2v) is 3.99. The third-order valence-corrected chi connectivity index (χ3v) is 2.75. The van der Waals surface area contributed by atoms with E-state index in [0.717, 1.165) is 29.1 Å². The van der Waals surface area contributed by atoms with Gasteiger partial charge in [-0.25, -0.2) is 0 Å². The van der Waals surface area contributed by atoms with Gasteiger partial charge in [-0.1, -0.05) is 12.1 Å². The summed E-state index contributed by atoms with van der Waals surface area (Å²) in [6, 6.07) is 7.98. The lowest BCUT2D eigenvalue weighted by atomic mass is 10.2. The quantitative estimate of drug-likeness (QED) is 0.871. The van der Waals surface area contributed by atoms with Crippen LogP contribution in [-0.4, -0.2) is 16.9 Å². The highest BCUT2D eigenvalue weighted by Gasteiger charge is 2.04. The molecule has 0 saturated carbocycles. The fourth-order valence-corrected chi connectivity index (χ4v) is 1.80. The fraction of sp³-hybridized carbons (Fsp3) is 0.308. The molecule has 1 aromatic carbocycles. The van der Waals surface area contributed by atoms with Crippen molar-refractivity contribution in [3.63, 3.8) is 0 Å². The molecule has 4 heteroatoms. The zero-order valence-corrected chi connectivity index (χ0v) is 10.2. The van der Waals surface area contributed by atoms with Crippen LogP contribution in [0.3, 0.4) is 0 Å². The van der Waals surface area contributed by atoms with Crippen molar-refractivity contribution in [1.29, 1.82) is 0 Å². The molecule has 17 heavy (non-hydrogen) atoms. The number of nitrogens with zero attached hydrogens (tertiary/aromatic N) is 2. The van der Waals surface area contributed by atoms with Crippen molar-refractivity contribution < 1.29 is 4.74 Å². The number of hydrogen-bond donors (Lipinski definition) is 1. The first kappa shape index (κ1) is 11.7. The monoisotopic (exact) mass is 231 g/mol. The zero-order chi connectivity index (χ0) is 12.3. The van der Waals surface area contributed by atoms with Crippen molar-refractivity contribution in [2.24, 2.45) is 5.73 Å². The minimum atomic E-state index is 0.532. The Balaban J connectivity index is 2.18. The summed E-state index contributed by atoms with van der Waals surface area (Å²) in [5.74, 6) is 0.866. The molecule has 0 aliphatic rings. The van der Waals surface area contributed by atoms with Crippen LogP contribution in [0.15, 0.2) is 30.5 Å². The van der Waals surface area contributed by atoms with Gasteiger partial charge in [0.05, 0.1) is 19.3 Å². The molecule has 0 saturated heterocycles. The van der Waals surface area contributed by atoms with E-state index in [1.54, 1.807) is 7.11 Å². The smallest absolute Gasteiger partial charge is 0.119 e. The number of benzene rings is 1. The molecular formula is C13H17N3O. The van der Waals surface area contributed by atoms with Gasteiger partial charge in [0.2, 0.25) is 0 Å². The van der Waals surface area contributed by atoms with E-state index in [2.05, 4.69) is 11.2 Å². The van der Waals surface area contributed by atoms with Crippen LogP contribution >= 0.6 is 0 Å². The third-order valence-electron chi connectivity index (χ3n) is 2.75. The summed E-state index contributed by atoms with van der Waals surface area (Å²) in [6.45, 7) is 3.24. The molecule has 2 rings (SSSR count). The minimum Gasteiger partial charge on any atom is -0.497 e. The van der Waals surface area contributed by atoms with E-state index in [4.69, 9.17) is 10.5 Å². The molecule has 0 unspecified atom stereocenters. The highest BCUT2D eigenvalue weighted by Crippen LogP contribution is 2.14. The Morgan fingerprint density at radius 2 is 2.24 bits per heavy atom. The van der Waals surface area contributed by atoms with E-state index in [0.29, 0.717) is 6.54 Å². The molecule has 0 aliphatic heterocycles. The Morgan fingerprint density at radius 3 is 2.88 bits per heavy atom. The van der Waals surface area contributed by atoms with E-state index < -0.39 is 0 Å². The number of nitrogens with two attached hydrogens (primary N) is 1. The van der Waals surface area contributed by atoms with Gasteiger partial charge in [-0.05, 0) is 24.6 Å². The standard InChI is InChI=1S/C13H17N3O/c1-10-12(7-14)9-16(15-10)8-11-4-3-5-13(6-11)17-2/h3-6,9H,7-8,14H2,1-2H3. The first-order chi connectivity index (χ1) is 8.22. The van der Waals surface area contributed by atoms with Crippen LogP contribution in [0.2, 0.25) is 0 Å².